The van der Waals surface area contributed by atoms with Crippen LogP contribution in [0.1, 0.15) is 20.8 Å². The van der Waals surface area contributed by atoms with Crippen LogP contribution >= 0.6 is 0 Å². The Morgan fingerprint density at radius 2 is 1.50 bits per heavy atom. The first kappa shape index (κ1) is 14.9. The third-order valence-corrected chi connectivity index (χ3v) is 2.51. The van der Waals surface area contributed by atoms with Crippen LogP contribution < -0.4 is 0 Å². The van der Waals surface area contributed by atoms with Gasteiger partial charge >= 0.3 is 11.9 Å². The maximum atomic E-state index is 11.9. The smallest absolute Gasteiger partial charge is 0.328 e. The van der Waals surface area contributed by atoms with Gasteiger partial charge in [0, 0.05) is 6.92 Å². The lowest BCUT2D eigenvalue weighted by Crippen LogP contribution is -2.57. The lowest BCUT2D eigenvalue weighted by Gasteiger charge is -2.38. The summed E-state index contributed by atoms with van der Waals surface area (Å²) < 4.78 is 19.6. The third kappa shape index (κ3) is 2.98. The largest absolute Gasteiger partial charge is 0.465 e. The van der Waals surface area contributed by atoms with E-state index in [0.29, 0.717) is 0 Å². The monoisotopic (exact) mass is 262 g/mol. The predicted octanol–water partition coefficient (Wildman–Crippen LogP) is -0.188. The molecule has 0 saturated carbocycles. The van der Waals surface area contributed by atoms with Gasteiger partial charge in [-0.3, -0.25) is 9.59 Å². The van der Waals surface area contributed by atoms with Crippen LogP contribution in [-0.2, 0) is 28.5 Å². The van der Waals surface area contributed by atoms with E-state index in [1.807, 2.05) is 0 Å². The van der Waals surface area contributed by atoms with Crippen LogP contribution in [0, 0.1) is 5.41 Å². The van der Waals surface area contributed by atoms with E-state index in [0.717, 1.165) is 0 Å². The summed E-state index contributed by atoms with van der Waals surface area (Å²) in [6, 6.07) is 0. The summed E-state index contributed by atoms with van der Waals surface area (Å²) in [4.78, 5) is 23.8. The van der Waals surface area contributed by atoms with Gasteiger partial charge in [0.05, 0.1) is 26.4 Å². The zero-order chi connectivity index (χ0) is 13.8. The maximum absolute atomic E-state index is 11.9. The van der Waals surface area contributed by atoms with Crippen LogP contribution in [0.2, 0.25) is 0 Å². The molecule has 0 aromatic carbocycles. The highest BCUT2D eigenvalue weighted by Crippen LogP contribution is 2.31. The zero-order valence-electron chi connectivity index (χ0n) is 10.7. The number of hydrogen-bond donors (Lipinski definition) is 1. The fourth-order valence-electron chi connectivity index (χ4n) is 1.46. The molecule has 0 spiro atoms. The molecular weight excluding hydrogens is 244 g/mol. The highest BCUT2D eigenvalue weighted by molar-refractivity contribution is 6.00. The fraction of sp³-hybridized carbons (Fsp3) is 0.818. The van der Waals surface area contributed by atoms with Gasteiger partial charge in [0.15, 0.2) is 0 Å². The second-order valence-corrected chi connectivity index (χ2v) is 4.00. The molecule has 0 unspecified atom stereocenters. The Morgan fingerprint density at radius 1 is 1.11 bits per heavy atom. The molecule has 0 aliphatic carbocycles. The SMILES string of the molecule is CCOC(=O)C1(C(=O)OCC)COC(C)(O)OC1. The van der Waals surface area contributed by atoms with Crippen molar-refractivity contribution in [1.29, 1.82) is 0 Å². The molecule has 0 radical (unpaired) electrons. The molecule has 1 rings (SSSR count). The van der Waals surface area contributed by atoms with Crippen molar-refractivity contribution >= 4 is 11.9 Å². The molecule has 7 heteroatoms. The van der Waals surface area contributed by atoms with E-state index >= 15 is 0 Å². The van der Waals surface area contributed by atoms with Crippen molar-refractivity contribution in [2.45, 2.75) is 26.7 Å². The molecule has 1 aliphatic rings. The van der Waals surface area contributed by atoms with Crippen LogP contribution in [0.4, 0.5) is 0 Å². The van der Waals surface area contributed by atoms with E-state index < -0.39 is 23.3 Å². The molecule has 1 aliphatic heterocycles. The van der Waals surface area contributed by atoms with E-state index in [2.05, 4.69) is 0 Å². The topological polar surface area (TPSA) is 91.3 Å². The molecule has 0 atom stereocenters. The van der Waals surface area contributed by atoms with E-state index in [1.54, 1.807) is 13.8 Å². The standard InChI is InChI=1S/C11H18O7/c1-4-15-8(12)11(9(13)16-5-2)6-17-10(3,14)18-7-11/h14H,4-7H2,1-3H3. The average Bonchev–Trinajstić information content (AvgIpc) is 2.30. The fourth-order valence-corrected chi connectivity index (χ4v) is 1.46. The van der Waals surface area contributed by atoms with Crippen LogP contribution in [-0.4, -0.2) is 49.4 Å². The Kier molecular flexibility index (Phi) is 4.66. The summed E-state index contributed by atoms with van der Waals surface area (Å²) in [5, 5.41) is 9.48. The van der Waals surface area contributed by atoms with Gasteiger partial charge in [-0.25, -0.2) is 0 Å². The first-order valence-electron chi connectivity index (χ1n) is 5.72. The lowest BCUT2D eigenvalue weighted by molar-refractivity contribution is -0.387. The average molecular weight is 262 g/mol. The van der Waals surface area contributed by atoms with Crippen molar-refractivity contribution in [2.75, 3.05) is 26.4 Å². The minimum atomic E-state index is -1.82. The molecule has 1 heterocycles. The van der Waals surface area contributed by atoms with Gasteiger partial charge in [-0.2, -0.15) is 0 Å². The van der Waals surface area contributed by atoms with E-state index in [-0.39, 0.29) is 26.4 Å². The molecule has 0 amide bonds. The second kappa shape index (κ2) is 5.64. The summed E-state index contributed by atoms with van der Waals surface area (Å²) in [6.45, 7) is 4.06. The molecule has 7 nitrogen and oxygen atoms in total. The molecule has 0 aromatic heterocycles. The first-order chi connectivity index (χ1) is 8.38. The molecular formula is C11H18O7. The second-order valence-electron chi connectivity index (χ2n) is 4.00. The Morgan fingerprint density at radius 3 is 1.83 bits per heavy atom. The third-order valence-electron chi connectivity index (χ3n) is 2.51. The van der Waals surface area contributed by atoms with Gasteiger partial charge in [0.25, 0.3) is 5.97 Å². The molecule has 18 heavy (non-hydrogen) atoms. The van der Waals surface area contributed by atoms with Gasteiger partial charge in [-0.1, -0.05) is 0 Å². The number of rotatable bonds is 4. The number of carbonyl (C=O) groups excluding carboxylic acids is 2. The summed E-state index contributed by atoms with van der Waals surface area (Å²) in [5.74, 6) is -3.37. The zero-order valence-corrected chi connectivity index (χ0v) is 10.7. The number of aliphatic hydroxyl groups is 1. The summed E-state index contributed by atoms with van der Waals surface area (Å²) in [7, 11) is 0. The molecule has 104 valence electrons. The van der Waals surface area contributed by atoms with Gasteiger partial charge in [0.1, 0.15) is 0 Å². The van der Waals surface area contributed by atoms with Crippen LogP contribution in [0.25, 0.3) is 0 Å². The van der Waals surface area contributed by atoms with Crippen molar-refractivity contribution in [3.8, 4) is 0 Å². The van der Waals surface area contributed by atoms with E-state index in [9.17, 15) is 14.7 Å². The van der Waals surface area contributed by atoms with Crippen molar-refractivity contribution in [3.05, 3.63) is 0 Å². The van der Waals surface area contributed by atoms with Gasteiger partial charge in [-0.05, 0) is 13.8 Å². The van der Waals surface area contributed by atoms with Gasteiger partial charge in [-0.15, -0.1) is 0 Å². The van der Waals surface area contributed by atoms with E-state index in [1.165, 1.54) is 6.92 Å². The van der Waals surface area contributed by atoms with Crippen LogP contribution in [0.15, 0.2) is 0 Å². The van der Waals surface area contributed by atoms with Crippen molar-refractivity contribution < 1.29 is 33.6 Å². The Balaban J connectivity index is 2.89. The molecule has 0 aromatic rings. The van der Waals surface area contributed by atoms with Crippen molar-refractivity contribution in [2.24, 2.45) is 5.41 Å². The predicted molar refractivity (Wildman–Crippen MR) is 58.2 cm³/mol. The quantitative estimate of drug-likeness (QED) is 0.554. The summed E-state index contributed by atoms with van der Waals surface area (Å²) >= 11 is 0. The first-order valence-corrected chi connectivity index (χ1v) is 5.72. The number of esters is 2. The number of carbonyl (C=O) groups is 2. The van der Waals surface area contributed by atoms with Gasteiger partial charge in [0.2, 0.25) is 5.41 Å². The van der Waals surface area contributed by atoms with E-state index in [4.69, 9.17) is 18.9 Å². The summed E-state index contributed by atoms with van der Waals surface area (Å²) in [5.41, 5.74) is -1.67. The summed E-state index contributed by atoms with van der Waals surface area (Å²) in [6.07, 6.45) is 0. The van der Waals surface area contributed by atoms with Crippen LogP contribution in [0.3, 0.4) is 0 Å². The Bertz CT molecular complexity index is 293. The maximum Gasteiger partial charge on any atom is 0.328 e. The van der Waals surface area contributed by atoms with Crippen molar-refractivity contribution in [3.63, 3.8) is 0 Å². The molecule has 0 bridgehead atoms. The molecule has 1 saturated heterocycles. The molecule has 1 N–H and O–H groups in total. The van der Waals surface area contributed by atoms with Crippen LogP contribution in [0.5, 0.6) is 0 Å². The number of hydrogen-bond acceptors (Lipinski definition) is 7. The highest BCUT2D eigenvalue weighted by Gasteiger charge is 2.55. The van der Waals surface area contributed by atoms with Crippen molar-refractivity contribution in [1.82, 2.24) is 0 Å². The Labute approximate surface area is 105 Å². The minimum absolute atomic E-state index is 0.121. The highest BCUT2D eigenvalue weighted by atomic mass is 16.8. The number of ether oxygens (including phenoxy) is 4. The van der Waals surface area contributed by atoms with Gasteiger partial charge < -0.3 is 24.1 Å². The normalized spacial score (nSPS) is 21.1. The minimum Gasteiger partial charge on any atom is -0.465 e. The lowest BCUT2D eigenvalue weighted by atomic mass is 9.89. The Hall–Kier alpha value is -1.18. The molecule has 1 fully saturated rings.